The summed E-state index contributed by atoms with van der Waals surface area (Å²) in [6.45, 7) is 5.59. The van der Waals surface area contributed by atoms with Gasteiger partial charge in [-0.1, -0.05) is 26.7 Å². The van der Waals surface area contributed by atoms with Crippen LogP contribution in [-0.2, 0) is 0 Å². The van der Waals surface area contributed by atoms with Crippen molar-refractivity contribution in [2.24, 2.45) is 17.6 Å². The van der Waals surface area contributed by atoms with Gasteiger partial charge in [0.1, 0.15) is 0 Å². The molecule has 2 aliphatic rings. The highest BCUT2D eigenvalue weighted by Gasteiger charge is 2.40. The van der Waals surface area contributed by atoms with Crippen molar-refractivity contribution in [1.82, 2.24) is 5.32 Å². The minimum atomic E-state index is 0.252. The SMILES string of the molecule is CC1CCC(CN)(NC2CCCC2)C(C)C1. The van der Waals surface area contributed by atoms with Crippen molar-refractivity contribution in [3.63, 3.8) is 0 Å². The highest BCUT2D eigenvalue weighted by molar-refractivity contribution is 5.00. The molecule has 0 spiro atoms. The van der Waals surface area contributed by atoms with Crippen LogP contribution in [0.5, 0.6) is 0 Å². The summed E-state index contributed by atoms with van der Waals surface area (Å²) in [7, 11) is 0. The standard InChI is InChI=1S/C14H28N2/c1-11-7-8-14(10-15,12(2)9-11)16-13-5-3-4-6-13/h11-13,16H,3-10,15H2,1-2H3. The predicted molar refractivity (Wildman–Crippen MR) is 69.4 cm³/mol. The molecule has 3 atom stereocenters. The largest absolute Gasteiger partial charge is 0.329 e. The van der Waals surface area contributed by atoms with Crippen LogP contribution in [0, 0.1) is 11.8 Å². The van der Waals surface area contributed by atoms with Crippen molar-refractivity contribution in [2.45, 2.75) is 70.4 Å². The molecule has 2 heteroatoms. The van der Waals surface area contributed by atoms with Crippen molar-refractivity contribution >= 4 is 0 Å². The molecule has 2 saturated carbocycles. The Bertz CT molecular complexity index is 223. The van der Waals surface area contributed by atoms with Gasteiger partial charge in [-0.15, -0.1) is 0 Å². The van der Waals surface area contributed by atoms with E-state index in [-0.39, 0.29) is 5.54 Å². The molecule has 0 aliphatic heterocycles. The zero-order valence-electron chi connectivity index (χ0n) is 11.0. The Labute approximate surface area is 100 Å². The smallest absolute Gasteiger partial charge is 0.0332 e. The first-order chi connectivity index (χ1) is 7.66. The normalized spacial score (nSPS) is 41.4. The highest BCUT2D eigenvalue weighted by atomic mass is 15.0. The molecule has 0 amide bonds. The van der Waals surface area contributed by atoms with Crippen LogP contribution in [0.25, 0.3) is 0 Å². The van der Waals surface area contributed by atoms with Gasteiger partial charge in [-0.05, 0) is 43.9 Å². The lowest BCUT2D eigenvalue weighted by Crippen LogP contribution is -2.60. The van der Waals surface area contributed by atoms with E-state index in [1.165, 1.54) is 44.9 Å². The third-order valence-electron chi connectivity index (χ3n) is 4.99. The Kier molecular flexibility index (Phi) is 3.91. The van der Waals surface area contributed by atoms with Crippen LogP contribution in [0.4, 0.5) is 0 Å². The monoisotopic (exact) mass is 224 g/mol. The van der Waals surface area contributed by atoms with E-state index >= 15 is 0 Å². The van der Waals surface area contributed by atoms with E-state index in [2.05, 4.69) is 19.2 Å². The first-order valence-corrected chi connectivity index (χ1v) is 7.14. The van der Waals surface area contributed by atoms with Crippen LogP contribution >= 0.6 is 0 Å². The summed E-state index contributed by atoms with van der Waals surface area (Å²) in [5.74, 6) is 1.63. The van der Waals surface area contributed by atoms with Gasteiger partial charge in [0.2, 0.25) is 0 Å². The molecule has 0 aromatic carbocycles. The zero-order chi connectivity index (χ0) is 11.6. The summed E-state index contributed by atoms with van der Waals surface area (Å²) in [5.41, 5.74) is 6.34. The summed E-state index contributed by atoms with van der Waals surface area (Å²) < 4.78 is 0. The molecule has 2 fully saturated rings. The van der Waals surface area contributed by atoms with Gasteiger partial charge < -0.3 is 11.1 Å². The Hall–Kier alpha value is -0.0800. The third kappa shape index (κ3) is 2.43. The third-order valence-corrected chi connectivity index (χ3v) is 4.99. The number of hydrogen-bond acceptors (Lipinski definition) is 2. The van der Waals surface area contributed by atoms with Crippen molar-refractivity contribution in [1.29, 1.82) is 0 Å². The quantitative estimate of drug-likeness (QED) is 0.773. The molecule has 94 valence electrons. The number of nitrogens with one attached hydrogen (secondary N) is 1. The maximum absolute atomic E-state index is 6.09. The fourth-order valence-electron chi connectivity index (χ4n) is 3.75. The second kappa shape index (κ2) is 5.05. The maximum Gasteiger partial charge on any atom is 0.0332 e. The van der Waals surface area contributed by atoms with Gasteiger partial charge in [0.25, 0.3) is 0 Å². The summed E-state index contributed by atoms with van der Waals surface area (Å²) in [5, 5.41) is 3.93. The Morgan fingerprint density at radius 3 is 2.44 bits per heavy atom. The van der Waals surface area contributed by atoms with E-state index in [1.54, 1.807) is 0 Å². The van der Waals surface area contributed by atoms with Gasteiger partial charge in [0.15, 0.2) is 0 Å². The van der Waals surface area contributed by atoms with E-state index in [0.29, 0.717) is 0 Å². The van der Waals surface area contributed by atoms with Crippen molar-refractivity contribution in [3.8, 4) is 0 Å². The van der Waals surface area contributed by atoms with Crippen molar-refractivity contribution in [3.05, 3.63) is 0 Å². The first-order valence-electron chi connectivity index (χ1n) is 7.14. The molecule has 0 heterocycles. The van der Waals surface area contributed by atoms with Crippen LogP contribution < -0.4 is 11.1 Å². The van der Waals surface area contributed by atoms with E-state index in [0.717, 1.165) is 24.4 Å². The number of hydrogen-bond donors (Lipinski definition) is 2. The van der Waals surface area contributed by atoms with Crippen LogP contribution in [0.3, 0.4) is 0 Å². The van der Waals surface area contributed by atoms with E-state index in [1.807, 2.05) is 0 Å². The Morgan fingerprint density at radius 1 is 1.19 bits per heavy atom. The van der Waals surface area contributed by atoms with Crippen molar-refractivity contribution < 1.29 is 0 Å². The maximum atomic E-state index is 6.09. The minimum absolute atomic E-state index is 0.252. The first kappa shape index (κ1) is 12.4. The Balaban J connectivity index is 1.99. The molecular weight excluding hydrogens is 196 g/mol. The van der Waals surface area contributed by atoms with Gasteiger partial charge in [-0.25, -0.2) is 0 Å². The minimum Gasteiger partial charge on any atom is -0.329 e. The van der Waals surface area contributed by atoms with Crippen LogP contribution in [-0.4, -0.2) is 18.1 Å². The molecule has 2 nitrogen and oxygen atoms in total. The van der Waals surface area contributed by atoms with Gasteiger partial charge in [0, 0.05) is 18.1 Å². The molecule has 16 heavy (non-hydrogen) atoms. The molecule has 0 radical (unpaired) electrons. The van der Waals surface area contributed by atoms with E-state index < -0.39 is 0 Å². The summed E-state index contributed by atoms with van der Waals surface area (Å²) in [6, 6.07) is 0.749. The molecule has 0 saturated heterocycles. The fourth-order valence-corrected chi connectivity index (χ4v) is 3.75. The lowest BCUT2D eigenvalue weighted by molar-refractivity contribution is 0.116. The molecule has 0 bridgehead atoms. The lowest BCUT2D eigenvalue weighted by Gasteiger charge is -2.46. The number of nitrogens with two attached hydrogens (primary N) is 1. The number of rotatable bonds is 3. The highest BCUT2D eigenvalue weighted by Crippen LogP contribution is 2.37. The second-order valence-corrected chi connectivity index (χ2v) is 6.27. The van der Waals surface area contributed by atoms with E-state index in [4.69, 9.17) is 5.73 Å². The molecule has 0 aromatic heterocycles. The van der Waals surface area contributed by atoms with Crippen molar-refractivity contribution in [2.75, 3.05) is 6.54 Å². The van der Waals surface area contributed by atoms with Gasteiger partial charge in [-0.3, -0.25) is 0 Å². The summed E-state index contributed by atoms with van der Waals surface area (Å²) in [6.07, 6.45) is 9.51. The average molecular weight is 224 g/mol. The molecule has 2 rings (SSSR count). The van der Waals surface area contributed by atoms with Gasteiger partial charge in [0.05, 0.1) is 0 Å². The van der Waals surface area contributed by atoms with Crippen LogP contribution in [0.15, 0.2) is 0 Å². The fraction of sp³-hybridized carbons (Fsp3) is 1.00. The summed E-state index contributed by atoms with van der Waals surface area (Å²) in [4.78, 5) is 0. The summed E-state index contributed by atoms with van der Waals surface area (Å²) >= 11 is 0. The van der Waals surface area contributed by atoms with Gasteiger partial charge in [-0.2, -0.15) is 0 Å². The molecule has 3 unspecified atom stereocenters. The molecule has 0 aromatic rings. The Morgan fingerprint density at radius 2 is 1.88 bits per heavy atom. The molecule has 2 aliphatic carbocycles. The topological polar surface area (TPSA) is 38.0 Å². The predicted octanol–water partition coefficient (Wildman–Crippen LogP) is 2.67. The molecule has 3 N–H and O–H groups in total. The average Bonchev–Trinajstić information content (AvgIpc) is 2.75. The van der Waals surface area contributed by atoms with Gasteiger partial charge >= 0.3 is 0 Å². The van der Waals surface area contributed by atoms with Crippen LogP contribution in [0.1, 0.15) is 58.8 Å². The second-order valence-electron chi connectivity index (χ2n) is 6.27. The lowest BCUT2D eigenvalue weighted by atomic mass is 9.69. The van der Waals surface area contributed by atoms with Crippen LogP contribution in [0.2, 0.25) is 0 Å². The zero-order valence-corrected chi connectivity index (χ0v) is 11.0. The van der Waals surface area contributed by atoms with E-state index in [9.17, 15) is 0 Å². The molecular formula is C14H28N2.